The predicted octanol–water partition coefficient (Wildman–Crippen LogP) is 3.33. The molecule has 118 valence electrons. The molecule has 1 rings (SSSR count). The van der Waals surface area contributed by atoms with Crippen molar-refractivity contribution in [3.8, 4) is 5.75 Å². The molecule has 0 atom stereocenters. The van der Waals surface area contributed by atoms with E-state index in [1.807, 2.05) is 26.0 Å². The SMILES string of the molecule is CCCCCNC(=NC)NCc1ccc(OC(C)C)cc1. The maximum Gasteiger partial charge on any atom is 0.191 e. The van der Waals surface area contributed by atoms with Gasteiger partial charge >= 0.3 is 0 Å². The first-order valence-electron chi connectivity index (χ1n) is 7.85. The second-order valence-electron chi connectivity index (χ2n) is 5.37. The molecular formula is C17H29N3O. The van der Waals surface area contributed by atoms with Crippen LogP contribution in [0.15, 0.2) is 29.3 Å². The molecular weight excluding hydrogens is 262 g/mol. The van der Waals surface area contributed by atoms with Gasteiger partial charge in [-0.1, -0.05) is 31.9 Å². The van der Waals surface area contributed by atoms with Crippen LogP contribution in [0.4, 0.5) is 0 Å². The van der Waals surface area contributed by atoms with Crippen molar-refractivity contribution < 1.29 is 4.74 Å². The van der Waals surface area contributed by atoms with Crippen molar-refractivity contribution >= 4 is 5.96 Å². The van der Waals surface area contributed by atoms with Crippen molar-refractivity contribution in [2.75, 3.05) is 13.6 Å². The number of unbranched alkanes of at least 4 members (excludes halogenated alkanes) is 2. The Morgan fingerprint density at radius 3 is 2.43 bits per heavy atom. The van der Waals surface area contributed by atoms with E-state index < -0.39 is 0 Å². The molecule has 0 amide bonds. The first-order valence-corrected chi connectivity index (χ1v) is 7.85. The molecule has 1 aromatic carbocycles. The Bertz CT molecular complexity index is 413. The quantitative estimate of drug-likeness (QED) is 0.439. The molecule has 0 saturated heterocycles. The van der Waals surface area contributed by atoms with Crippen molar-refractivity contribution in [3.63, 3.8) is 0 Å². The van der Waals surface area contributed by atoms with Crippen LogP contribution in [-0.2, 0) is 6.54 Å². The highest BCUT2D eigenvalue weighted by Gasteiger charge is 2.00. The van der Waals surface area contributed by atoms with Crippen LogP contribution >= 0.6 is 0 Å². The third-order valence-corrected chi connectivity index (χ3v) is 3.05. The molecule has 0 fully saturated rings. The Labute approximate surface area is 129 Å². The summed E-state index contributed by atoms with van der Waals surface area (Å²) in [6.07, 6.45) is 3.87. The number of hydrogen-bond donors (Lipinski definition) is 2. The molecule has 0 aromatic heterocycles. The molecule has 0 aliphatic carbocycles. The minimum Gasteiger partial charge on any atom is -0.491 e. The summed E-state index contributed by atoms with van der Waals surface area (Å²) >= 11 is 0. The lowest BCUT2D eigenvalue weighted by Crippen LogP contribution is -2.37. The average Bonchev–Trinajstić information content (AvgIpc) is 2.47. The van der Waals surface area contributed by atoms with Gasteiger partial charge in [-0.2, -0.15) is 0 Å². The van der Waals surface area contributed by atoms with Crippen molar-refractivity contribution in [2.45, 2.75) is 52.7 Å². The topological polar surface area (TPSA) is 45.7 Å². The third-order valence-electron chi connectivity index (χ3n) is 3.05. The van der Waals surface area contributed by atoms with Gasteiger partial charge in [-0.05, 0) is 38.0 Å². The van der Waals surface area contributed by atoms with Gasteiger partial charge in [0.05, 0.1) is 6.10 Å². The van der Waals surface area contributed by atoms with Crippen molar-refractivity contribution in [1.29, 1.82) is 0 Å². The zero-order valence-corrected chi connectivity index (χ0v) is 13.8. The number of guanidine groups is 1. The van der Waals surface area contributed by atoms with Gasteiger partial charge in [0.25, 0.3) is 0 Å². The van der Waals surface area contributed by atoms with Crippen LogP contribution in [0.5, 0.6) is 5.75 Å². The van der Waals surface area contributed by atoms with Gasteiger partial charge in [0.15, 0.2) is 5.96 Å². The first-order chi connectivity index (χ1) is 10.2. The Morgan fingerprint density at radius 1 is 1.14 bits per heavy atom. The van der Waals surface area contributed by atoms with Crippen LogP contribution in [0.25, 0.3) is 0 Å². The normalized spacial score (nSPS) is 11.6. The van der Waals surface area contributed by atoms with Crippen molar-refractivity contribution in [3.05, 3.63) is 29.8 Å². The molecule has 0 bridgehead atoms. The lowest BCUT2D eigenvalue weighted by molar-refractivity contribution is 0.242. The fourth-order valence-electron chi connectivity index (χ4n) is 1.95. The molecule has 2 N–H and O–H groups in total. The average molecular weight is 291 g/mol. The van der Waals surface area contributed by atoms with Gasteiger partial charge in [-0.15, -0.1) is 0 Å². The summed E-state index contributed by atoms with van der Waals surface area (Å²) < 4.78 is 5.64. The van der Waals surface area contributed by atoms with Crippen molar-refractivity contribution in [2.24, 2.45) is 4.99 Å². The minimum atomic E-state index is 0.208. The maximum atomic E-state index is 5.64. The molecule has 0 aliphatic heterocycles. The number of hydrogen-bond acceptors (Lipinski definition) is 2. The standard InChI is InChI=1S/C17H29N3O/c1-5-6-7-12-19-17(18-4)20-13-15-8-10-16(11-9-15)21-14(2)3/h8-11,14H,5-7,12-13H2,1-4H3,(H2,18,19,20). The number of benzene rings is 1. The Morgan fingerprint density at radius 2 is 1.86 bits per heavy atom. The molecule has 4 nitrogen and oxygen atoms in total. The number of aliphatic imine (C=N–C) groups is 1. The second kappa shape index (κ2) is 10.1. The van der Waals surface area contributed by atoms with Crippen LogP contribution in [0.2, 0.25) is 0 Å². The van der Waals surface area contributed by atoms with Crippen molar-refractivity contribution in [1.82, 2.24) is 10.6 Å². The van der Waals surface area contributed by atoms with Crippen LogP contribution < -0.4 is 15.4 Å². The molecule has 0 saturated carbocycles. The highest BCUT2D eigenvalue weighted by molar-refractivity contribution is 5.79. The molecule has 4 heteroatoms. The number of rotatable bonds is 8. The summed E-state index contributed by atoms with van der Waals surface area (Å²) in [5.41, 5.74) is 1.21. The molecule has 0 aliphatic rings. The van der Waals surface area contributed by atoms with Crippen LogP contribution in [0.1, 0.15) is 45.6 Å². The minimum absolute atomic E-state index is 0.208. The van der Waals surface area contributed by atoms with E-state index in [2.05, 4.69) is 34.7 Å². The smallest absolute Gasteiger partial charge is 0.191 e. The monoisotopic (exact) mass is 291 g/mol. The third kappa shape index (κ3) is 7.59. The molecule has 0 spiro atoms. The largest absolute Gasteiger partial charge is 0.491 e. The second-order valence-corrected chi connectivity index (χ2v) is 5.37. The van der Waals surface area contributed by atoms with E-state index in [0.29, 0.717) is 0 Å². The van der Waals surface area contributed by atoms with Crippen LogP contribution in [0.3, 0.4) is 0 Å². The van der Waals surface area contributed by atoms with Gasteiger partial charge in [-0.25, -0.2) is 0 Å². The highest BCUT2D eigenvalue weighted by Crippen LogP contribution is 2.13. The maximum absolute atomic E-state index is 5.64. The van der Waals surface area contributed by atoms with E-state index in [1.165, 1.54) is 24.8 Å². The molecule has 1 aromatic rings. The number of nitrogens with zero attached hydrogens (tertiary/aromatic N) is 1. The summed E-state index contributed by atoms with van der Waals surface area (Å²) in [4.78, 5) is 4.23. The van der Waals surface area contributed by atoms with Gasteiger partial charge < -0.3 is 15.4 Å². The fourth-order valence-corrected chi connectivity index (χ4v) is 1.95. The summed E-state index contributed by atoms with van der Waals surface area (Å²) in [7, 11) is 1.80. The van der Waals surface area contributed by atoms with E-state index in [4.69, 9.17) is 4.74 Å². The number of nitrogens with one attached hydrogen (secondary N) is 2. The van der Waals surface area contributed by atoms with Gasteiger partial charge in [0.1, 0.15) is 5.75 Å². The Hall–Kier alpha value is -1.71. The predicted molar refractivity (Wildman–Crippen MR) is 89.9 cm³/mol. The van der Waals surface area contributed by atoms with E-state index in [1.54, 1.807) is 7.05 Å². The van der Waals surface area contributed by atoms with Gasteiger partial charge in [-0.3, -0.25) is 4.99 Å². The Balaban J connectivity index is 2.35. The van der Waals surface area contributed by atoms with E-state index in [0.717, 1.165) is 24.8 Å². The van der Waals surface area contributed by atoms with Crippen LogP contribution in [0, 0.1) is 0 Å². The summed E-state index contributed by atoms with van der Waals surface area (Å²) in [6.45, 7) is 8.00. The van der Waals surface area contributed by atoms with Gasteiger partial charge in [0, 0.05) is 20.1 Å². The number of ether oxygens (including phenoxy) is 1. The Kier molecular flexibility index (Phi) is 8.32. The summed E-state index contributed by atoms with van der Waals surface area (Å²) in [6, 6.07) is 8.17. The van der Waals surface area contributed by atoms with Gasteiger partial charge in [0.2, 0.25) is 0 Å². The molecule has 0 radical (unpaired) electrons. The van der Waals surface area contributed by atoms with E-state index >= 15 is 0 Å². The highest BCUT2D eigenvalue weighted by atomic mass is 16.5. The first kappa shape index (κ1) is 17.3. The lowest BCUT2D eigenvalue weighted by atomic mass is 10.2. The zero-order valence-electron chi connectivity index (χ0n) is 13.8. The van der Waals surface area contributed by atoms with Crippen LogP contribution in [-0.4, -0.2) is 25.7 Å². The molecule has 21 heavy (non-hydrogen) atoms. The lowest BCUT2D eigenvalue weighted by Gasteiger charge is -2.13. The zero-order chi connectivity index (χ0) is 15.5. The summed E-state index contributed by atoms with van der Waals surface area (Å²) in [5.74, 6) is 1.77. The van der Waals surface area contributed by atoms with E-state index in [9.17, 15) is 0 Å². The molecule has 0 unspecified atom stereocenters. The summed E-state index contributed by atoms with van der Waals surface area (Å²) in [5, 5.41) is 6.65. The molecule has 0 heterocycles. The fraction of sp³-hybridized carbons (Fsp3) is 0.588. The van der Waals surface area contributed by atoms with E-state index in [-0.39, 0.29) is 6.10 Å².